The zero-order chi connectivity index (χ0) is 15.1. The van der Waals surface area contributed by atoms with Gasteiger partial charge in [-0.3, -0.25) is 4.90 Å². The Morgan fingerprint density at radius 1 is 1.24 bits per heavy atom. The molecule has 0 radical (unpaired) electrons. The monoisotopic (exact) mass is 358 g/mol. The Hall–Kier alpha value is -0.820. The minimum Gasteiger partial charge on any atom is -0.493 e. The van der Waals surface area contributed by atoms with Crippen molar-refractivity contribution < 1.29 is 14.2 Å². The predicted octanol–water partition coefficient (Wildman–Crippen LogP) is 1.89. The molecule has 1 heterocycles. The first-order valence-electron chi connectivity index (χ1n) is 7.16. The van der Waals surface area contributed by atoms with Gasteiger partial charge in [-0.1, -0.05) is 15.9 Å². The maximum Gasteiger partial charge on any atom is 0.165 e. The van der Waals surface area contributed by atoms with E-state index in [9.17, 15) is 0 Å². The highest BCUT2D eigenvalue weighted by molar-refractivity contribution is 9.10. The van der Waals surface area contributed by atoms with Crippen molar-refractivity contribution in [2.45, 2.75) is 6.54 Å². The molecule has 0 spiro atoms. The molecular formula is C15H23BrN2O3. The third-order valence-electron chi connectivity index (χ3n) is 3.54. The number of hydrogen-bond donors (Lipinski definition) is 1. The third-order valence-corrected chi connectivity index (χ3v) is 4.00. The van der Waals surface area contributed by atoms with E-state index in [1.165, 1.54) is 0 Å². The second kappa shape index (κ2) is 8.58. The van der Waals surface area contributed by atoms with Crippen molar-refractivity contribution in [1.29, 1.82) is 0 Å². The highest BCUT2D eigenvalue weighted by Crippen LogP contribution is 2.34. The van der Waals surface area contributed by atoms with Gasteiger partial charge in [-0.05, 0) is 12.1 Å². The Morgan fingerprint density at radius 3 is 2.67 bits per heavy atom. The lowest BCUT2D eigenvalue weighted by Crippen LogP contribution is -2.40. The molecule has 1 fully saturated rings. The summed E-state index contributed by atoms with van der Waals surface area (Å²) in [4.78, 5) is 2.41. The molecule has 1 N–H and O–H groups in total. The molecule has 21 heavy (non-hydrogen) atoms. The number of nitrogens with zero attached hydrogens (tertiary/aromatic N) is 1. The Bertz CT molecular complexity index is 451. The molecule has 0 saturated carbocycles. The fraction of sp³-hybridized carbons (Fsp3) is 0.600. The van der Waals surface area contributed by atoms with Crippen LogP contribution in [0.25, 0.3) is 0 Å². The Kier molecular flexibility index (Phi) is 6.76. The van der Waals surface area contributed by atoms with Crippen LogP contribution in [0.4, 0.5) is 0 Å². The first-order valence-corrected chi connectivity index (χ1v) is 7.95. The van der Waals surface area contributed by atoms with E-state index < -0.39 is 0 Å². The zero-order valence-electron chi connectivity index (χ0n) is 12.7. The summed E-state index contributed by atoms with van der Waals surface area (Å²) >= 11 is 3.50. The minimum atomic E-state index is 0.747. The van der Waals surface area contributed by atoms with E-state index in [0.29, 0.717) is 0 Å². The average Bonchev–Trinajstić information content (AvgIpc) is 2.52. The molecule has 1 aromatic rings. The van der Waals surface area contributed by atoms with Crippen molar-refractivity contribution >= 4 is 15.9 Å². The second-order valence-electron chi connectivity index (χ2n) is 4.93. The number of nitrogens with one attached hydrogen (secondary N) is 1. The second-order valence-corrected chi connectivity index (χ2v) is 5.85. The normalized spacial score (nSPS) is 16.0. The highest BCUT2D eigenvalue weighted by Gasteiger charge is 2.12. The largest absolute Gasteiger partial charge is 0.493 e. The molecule has 6 heteroatoms. The van der Waals surface area contributed by atoms with Gasteiger partial charge in [0, 0.05) is 42.8 Å². The average molecular weight is 359 g/mol. The van der Waals surface area contributed by atoms with Gasteiger partial charge in [0.1, 0.15) is 0 Å². The minimum absolute atomic E-state index is 0.747. The summed E-state index contributed by atoms with van der Waals surface area (Å²) < 4.78 is 17.1. The number of benzene rings is 1. The molecule has 1 aromatic carbocycles. The van der Waals surface area contributed by atoms with Crippen molar-refractivity contribution in [3.8, 4) is 11.5 Å². The molecule has 0 aliphatic carbocycles. The van der Waals surface area contributed by atoms with E-state index in [0.717, 1.165) is 67.5 Å². The lowest BCUT2D eigenvalue weighted by molar-refractivity contribution is 0.0384. The standard InChI is InChI=1S/C15H23BrN2O3/c1-19-14-10-13(16)9-12(15(14)20-2)11-17-3-4-18-5-7-21-8-6-18/h9-10,17H,3-8,11H2,1-2H3. The van der Waals surface area contributed by atoms with Gasteiger partial charge in [0.25, 0.3) is 0 Å². The lowest BCUT2D eigenvalue weighted by Gasteiger charge is -2.26. The van der Waals surface area contributed by atoms with Crippen LogP contribution >= 0.6 is 15.9 Å². The number of hydrogen-bond acceptors (Lipinski definition) is 5. The van der Waals surface area contributed by atoms with Crippen molar-refractivity contribution in [2.75, 3.05) is 53.6 Å². The molecule has 0 atom stereocenters. The Labute approximate surface area is 134 Å². The van der Waals surface area contributed by atoms with Crippen LogP contribution in [0.3, 0.4) is 0 Å². The number of ether oxygens (including phenoxy) is 3. The predicted molar refractivity (Wildman–Crippen MR) is 86.2 cm³/mol. The fourth-order valence-electron chi connectivity index (χ4n) is 2.42. The molecule has 0 bridgehead atoms. The van der Waals surface area contributed by atoms with Crippen molar-refractivity contribution in [1.82, 2.24) is 10.2 Å². The molecule has 1 saturated heterocycles. The van der Waals surface area contributed by atoms with Crippen LogP contribution in [-0.2, 0) is 11.3 Å². The maximum atomic E-state index is 5.46. The van der Waals surface area contributed by atoms with E-state index in [2.05, 4.69) is 32.2 Å². The molecule has 0 aromatic heterocycles. The zero-order valence-corrected chi connectivity index (χ0v) is 14.2. The molecule has 0 unspecified atom stereocenters. The summed E-state index contributed by atoms with van der Waals surface area (Å²) in [5, 5.41) is 3.46. The summed E-state index contributed by atoms with van der Waals surface area (Å²) in [6.45, 7) is 6.47. The number of halogens is 1. The van der Waals surface area contributed by atoms with Gasteiger partial charge in [-0.2, -0.15) is 0 Å². The van der Waals surface area contributed by atoms with Gasteiger partial charge in [0.2, 0.25) is 0 Å². The van der Waals surface area contributed by atoms with Gasteiger partial charge in [-0.25, -0.2) is 0 Å². The number of morpholine rings is 1. The van der Waals surface area contributed by atoms with Crippen LogP contribution in [0.1, 0.15) is 5.56 Å². The van der Waals surface area contributed by atoms with E-state index >= 15 is 0 Å². The first kappa shape index (κ1) is 16.5. The van der Waals surface area contributed by atoms with Crippen LogP contribution in [-0.4, -0.2) is 58.5 Å². The van der Waals surface area contributed by atoms with E-state index in [1.54, 1.807) is 14.2 Å². The van der Waals surface area contributed by atoms with Gasteiger partial charge in [0.05, 0.1) is 27.4 Å². The Balaban J connectivity index is 1.85. The number of methoxy groups -OCH3 is 2. The van der Waals surface area contributed by atoms with E-state index in [4.69, 9.17) is 14.2 Å². The van der Waals surface area contributed by atoms with Crippen molar-refractivity contribution in [3.05, 3.63) is 22.2 Å². The first-order chi connectivity index (χ1) is 10.2. The summed E-state index contributed by atoms with van der Waals surface area (Å²) in [6.07, 6.45) is 0. The summed E-state index contributed by atoms with van der Waals surface area (Å²) in [5.41, 5.74) is 1.09. The molecule has 1 aliphatic rings. The van der Waals surface area contributed by atoms with Gasteiger partial charge >= 0.3 is 0 Å². The van der Waals surface area contributed by atoms with Crippen molar-refractivity contribution in [2.24, 2.45) is 0 Å². The van der Waals surface area contributed by atoms with Crippen LogP contribution in [0.5, 0.6) is 11.5 Å². The van der Waals surface area contributed by atoms with Crippen molar-refractivity contribution in [3.63, 3.8) is 0 Å². The van der Waals surface area contributed by atoms with Crippen LogP contribution < -0.4 is 14.8 Å². The van der Waals surface area contributed by atoms with E-state index in [1.807, 2.05) is 6.07 Å². The number of rotatable bonds is 7. The molecule has 118 valence electrons. The fourth-order valence-corrected chi connectivity index (χ4v) is 2.91. The Morgan fingerprint density at radius 2 is 2.00 bits per heavy atom. The molecule has 1 aliphatic heterocycles. The van der Waals surface area contributed by atoms with Crippen LogP contribution in [0, 0.1) is 0 Å². The molecule has 5 nitrogen and oxygen atoms in total. The smallest absolute Gasteiger partial charge is 0.165 e. The van der Waals surface area contributed by atoms with Gasteiger partial charge in [-0.15, -0.1) is 0 Å². The molecule has 0 amide bonds. The lowest BCUT2D eigenvalue weighted by atomic mass is 10.2. The topological polar surface area (TPSA) is 43.0 Å². The van der Waals surface area contributed by atoms with Gasteiger partial charge in [0.15, 0.2) is 11.5 Å². The third kappa shape index (κ3) is 4.85. The highest BCUT2D eigenvalue weighted by atomic mass is 79.9. The molecule has 2 rings (SSSR count). The quantitative estimate of drug-likeness (QED) is 0.754. The molecular weight excluding hydrogens is 336 g/mol. The van der Waals surface area contributed by atoms with Gasteiger partial charge < -0.3 is 19.5 Å². The summed E-state index contributed by atoms with van der Waals surface area (Å²) in [5.74, 6) is 1.54. The summed E-state index contributed by atoms with van der Waals surface area (Å²) in [7, 11) is 3.32. The van der Waals surface area contributed by atoms with Crippen LogP contribution in [0.2, 0.25) is 0 Å². The van der Waals surface area contributed by atoms with Crippen LogP contribution in [0.15, 0.2) is 16.6 Å². The maximum absolute atomic E-state index is 5.46. The SMILES string of the molecule is COc1cc(Br)cc(CNCCN2CCOCC2)c1OC. The van der Waals surface area contributed by atoms with E-state index in [-0.39, 0.29) is 0 Å². The summed E-state index contributed by atoms with van der Waals surface area (Å²) in [6, 6.07) is 3.97.